The average molecular weight is 375 g/mol. The molecule has 1 saturated carbocycles. The molecular formula is C17H24Cl2N2OS. The predicted molar refractivity (Wildman–Crippen MR) is 97.7 cm³/mol. The summed E-state index contributed by atoms with van der Waals surface area (Å²) in [7, 11) is 1.72. The predicted octanol–water partition coefficient (Wildman–Crippen LogP) is 4.54. The molecular weight excluding hydrogens is 351 g/mol. The zero-order valence-corrected chi connectivity index (χ0v) is 15.8. The van der Waals surface area contributed by atoms with Crippen molar-refractivity contribution in [1.29, 1.82) is 0 Å². The van der Waals surface area contributed by atoms with Crippen molar-refractivity contribution in [1.82, 2.24) is 10.2 Å². The molecule has 23 heavy (non-hydrogen) atoms. The van der Waals surface area contributed by atoms with Crippen LogP contribution in [0.25, 0.3) is 0 Å². The number of thiophene rings is 1. The Balaban J connectivity index is 1.91. The molecule has 1 aromatic heterocycles. The smallest absolute Gasteiger partial charge is 0.228 e. The molecule has 0 radical (unpaired) electrons. The van der Waals surface area contributed by atoms with Crippen molar-refractivity contribution in [3.63, 3.8) is 0 Å². The van der Waals surface area contributed by atoms with Gasteiger partial charge in [0.2, 0.25) is 5.91 Å². The minimum Gasteiger partial charge on any atom is -0.359 e. The van der Waals surface area contributed by atoms with E-state index in [9.17, 15) is 4.79 Å². The molecule has 1 N–H and O–H groups in total. The zero-order chi connectivity index (χ0) is 16.4. The molecule has 6 heteroatoms. The summed E-state index contributed by atoms with van der Waals surface area (Å²) in [4.78, 5) is 16.3. The van der Waals surface area contributed by atoms with Crippen LogP contribution >= 0.6 is 34.5 Å². The maximum atomic E-state index is 12.7. The Bertz CT molecular complexity index is 537. The first-order valence-corrected chi connectivity index (χ1v) is 10.1. The van der Waals surface area contributed by atoms with Crippen LogP contribution in [0.5, 0.6) is 0 Å². The molecule has 1 aromatic rings. The van der Waals surface area contributed by atoms with Gasteiger partial charge < -0.3 is 10.2 Å². The number of nitrogens with one attached hydrogen (secondary N) is 1. The quantitative estimate of drug-likeness (QED) is 0.838. The number of hydrogen-bond acceptors (Lipinski definition) is 3. The Hall–Kier alpha value is -0.290. The highest BCUT2D eigenvalue weighted by Crippen LogP contribution is 2.44. The summed E-state index contributed by atoms with van der Waals surface area (Å²) in [5.74, 6) is 0.309. The Labute approximate surface area is 152 Å². The van der Waals surface area contributed by atoms with E-state index in [-0.39, 0.29) is 11.8 Å². The number of likely N-dealkylation sites (tertiary alicyclic amines) is 1. The fourth-order valence-corrected chi connectivity index (χ4v) is 5.83. The molecule has 3 atom stereocenters. The second kappa shape index (κ2) is 7.73. The molecule has 1 amide bonds. The largest absolute Gasteiger partial charge is 0.359 e. The van der Waals surface area contributed by atoms with Gasteiger partial charge in [0.15, 0.2) is 0 Å². The monoisotopic (exact) mass is 374 g/mol. The van der Waals surface area contributed by atoms with Gasteiger partial charge in [-0.05, 0) is 50.8 Å². The molecule has 1 saturated heterocycles. The molecule has 3 rings (SSSR count). The lowest BCUT2D eigenvalue weighted by Crippen LogP contribution is -2.46. The van der Waals surface area contributed by atoms with Gasteiger partial charge in [0.05, 0.1) is 10.9 Å². The van der Waals surface area contributed by atoms with E-state index in [2.05, 4.69) is 10.2 Å². The van der Waals surface area contributed by atoms with E-state index in [1.807, 2.05) is 6.07 Å². The van der Waals surface area contributed by atoms with Crippen LogP contribution < -0.4 is 5.32 Å². The summed E-state index contributed by atoms with van der Waals surface area (Å²) in [5, 5.41) is 3.43. The van der Waals surface area contributed by atoms with Crippen LogP contribution in [0.1, 0.15) is 49.3 Å². The number of likely N-dealkylation sites (N-methyl/N-ethyl adjacent to an activating group) is 1. The van der Waals surface area contributed by atoms with Crippen molar-refractivity contribution < 1.29 is 4.79 Å². The van der Waals surface area contributed by atoms with E-state index in [0.29, 0.717) is 21.3 Å². The van der Waals surface area contributed by atoms with Crippen LogP contribution in [0, 0.1) is 5.92 Å². The minimum absolute atomic E-state index is 0.0932. The third-order valence-corrected chi connectivity index (χ3v) is 7.27. The van der Waals surface area contributed by atoms with Gasteiger partial charge in [-0.3, -0.25) is 4.79 Å². The SMILES string of the molecule is CNC(=O)C(c1cc(Cl)c(Cl)s1)C1CCCCC1N1CCCC1. The molecule has 3 unspecified atom stereocenters. The maximum Gasteiger partial charge on any atom is 0.228 e. The fourth-order valence-electron chi connectivity index (χ4n) is 4.26. The van der Waals surface area contributed by atoms with E-state index >= 15 is 0 Å². The molecule has 2 fully saturated rings. The number of rotatable bonds is 4. The van der Waals surface area contributed by atoms with Gasteiger partial charge in [-0.1, -0.05) is 36.0 Å². The molecule has 1 aliphatic carbocycles. The number of carbonyl (C=O) groups excluding carboxylic acids is 1. The fraction of sp³-hybridized carbons (Fsp3) is 0.706. The summed E-state index contributed by atoms with van der Waals surface area (Å²) in [5.41, 5.74) is 0. The lowest BCUT2D eigenvalue weighted by molar-refractivity contribution is -0.124. The molecule has 2 heterocycles. The first kappa shape index (κ1) is 17.5. The second-order valence-electron chi connectivity index (χ2n) is 6.62. The topological polar surface area (TPSA) is 32.3 Å². The van der Waals surface area contributed by atoms with Gasteiger partial charge in [-0.25, -0.2) is 0 Å². The van der Waals surface area contributed by atoms with E-state index in [1.54, 1.807) is 7.05 Å². The standard InChI is InChI=1S/C17H24Cl2N2OS/c1-20-17(22)15(14-10-12(18)16(19)23-14)11-6-2-3-7-13(11)21-8-4-5-9-21/h10-11,13,15H,2-9H2,1H3,(H,20,22). The third-order valence-electron chi connectivity index (χ3n) is 5.32. The lowest BCUT2D eigenvalue weighted by atomic mass is 9.74. The summed E-state index contributed by atoms with van der Waals surface area (Å²) in [6, 6.07) is 2.40. The molecule has 3 nitrogen and oxygen atoms in total. The van der Waals surface area contributed by atoms with Crippen LogP contribution in [0.15, 0.2) is 6.07 Å². The highest BCUT2D eigenvalue weighted by Gasteiger charge is 2.40. The van der Waals surface area contributed by atoms with Gasteiger partial charge in [-0.2, -0.15) is 0 Å². The average Bonchev–Trinajstić information content (AvgIpc) is 3.19. The summed E-state index contributed by atoms with van der Waals surface area (Å²) in [6.07, 6.45) is 7.34. The van der Waals surface area contributed by atoms with Gasteiger partial charge in [-0.15, -0.1) is 11.3 Å². The molecule has 0 bridgehead atoms. The van der Waals surface area contributed by atoms with Crippen LogP contribution in [-0.2, 0) is 4.79 Å². The zero-order valence-electron chi connectivity index (χ0n) is 13.5. The van der Waals surface area contributed by atoms with Gasteiger partial charge >= 0.3 is 0 Å². The Kier molecular flexibility index (Phi) is 5.89. The molecule has 0 spiro atoms. The Morgan fingerprint density at radius 1 is 1.26 bits per heavy atom. The third kappa shape index (κ3) is 3.71. The van der Waals surface area contributed by atoms with Crippen LogP contribution in [0.4, 0.5) is 0 Å². The molecule has 0 aromatic carbocycles. The van der Waals surface area contributed by atoms with Crippen LogP contribution in [-0.4, -0.2) is 37.0 Å². The first-order chi connectivity index (χ1) is 11.1. The normalized spacial score (nSPS) is 27.1. The molecule has 2 aliphatic rings. The number of hydrogen-bond donors (Lipinski definition) is 1. The molecule has 1 aliphatic heterocycles. The van der Waals surface area contributed by atoms with Crippen molar-refractivity contribution in [2.75, 3.05) is 20.1 Å². The van der Waals surface area contributed by atoms with Crippen LogP contribution in [0.3, 0.4) is 0 Å². The first-order valence-electron chi connectivity index (χ1n) is 8.52. The van der Waals surface area contributed by atoms with Crippen LogP contribution in [0.2, 0.25) is 9.36 Å². The van der Waals surface area contributed by atoms with Crippen molar-refractivity contribution in [3.05, 3.63) is 20.3 Å². The maximum absolute atomic E-state index is 12.7. The van der Waals surface area contributed by atoms with E-state index in [1.165, 1.54) is 56.5 Å². The highest BCUT2D eigenvalue weighted by atomic mass is 35.5. The minimum atomic E-state index is -0.138. The van der Waals surface area contributed by atoms with Crippen molar-refractivity contribution >= 4 is 40.4 Å². The Morgan fingerprint density at radius 3 is 2.57 bits per heavy atom. The number of halogens is 2. The van der Waals surface area contributed by atoms with E-state index in [0.717, 1.165) is 11.3 Å². The molecule has 128 valence electrons. The highest BCUT2D eigenvalue weighted by molar-refractivity contribution is 7.17. The number of amides is 1. The lowest BCUT2D eigenvalue weighted by Gasteiger charge is -2.41. The second-order valence-corrected chi connectivity index (χ2v) is 8.71. The van der Waals surface area contributed by atoms with Crippen molar-refractivity contribution in [2.45, 2.75) is 50.5 Å². The number of nitrogens with zero attached hydrogens (tertiary/aromatic N) is 1. The van der Waals surface area contributed by atoms with E-state index in [4.69, 9.17) is 23.2 Å². The van der Waals surface area contributed by atoms with Gasteiger partial charge in [0.25, 0.3) is 0 Å². The Morgan fingerprint density at radius 2 is 1.96 bits per heavy atom. The summed E-state index contributed by atoms with van der Waals surface area (Å²) in [6.45, 7) is 2.35. The van der Waals surface area contributed by atoms with Gasteiger partial charge in [0.1, 0.15) is 4.34 Å². The van der Waals surface area contributed by atoms with Crippen molar-refractivity contribution in [2.24, 2.45) is 5.92 Å². The summed E-state index contributed by atoms with van der Waals surface area (Å²) < 4.78 is 0.587. The number of carbonyl (C=O) groups is 1. The summed E-state index contributed by atoms with van der Waals surface area (Å²) >= 11 is 13.8. The van der Waals surface area contributed by atoms with E-state index < -0.39 is 0 Å². The van der Waals surface area contributed by atoms with Crippen molar-refractivity contribution in [3.8, 4) is 0 Å². The van der Waals surface area contributed by atoms with Gasteiger partial charge in [0, 0.05) is 18.0 Å².